The van der Waals surface area contributed by atoms with Gasteiger partial charge in [0.1, 0.15) is 11.1 Å². The number of carbonyl (C=O) groups excluding carboxylic acids is 2. The third kappa shape index (κ3) is 6.17. The molecule has 7 heteroatoms. The Hall–Kier alpha value is -4.13. The van der Waals surface area contributed by atoms with Crippen LogP contribution in [0, 0.1) is 0 Å². The second kappa shape index (κ2) is 11.3. The minimum Gasteiger partial charge on any atom is -0.322 e. The highest BCUT2D eigenvalue weighted by atomic mass is 35.5. The minimum absolute atomic E-state index is 0.178. The third-order valence-electron chi connectivity index (χ3n) is 5.70. The first-order chi connectivity index (χ1) is 18.0. The molecule has 37 heavy (non-hydrogen) atoms. The summed E-state index contributed by atoms with van der Waals surface area (Å²) < 4.78 is 0. The molecule has 0 radical (unpaired) electrons. The molecule has 0 fully saturated rings. The van der Waals surface area contributed by atoms with Crippen molar-refractivity contribution in [2.45, 2.75) is 10.1 Å². The number of hydrogen-bond donors (Lipinski definition) is 2. The van der Waals surface area contributed by atoms with Gasteiger partial charge in [-0.1, -0.05) is 72.3 Å². The van der Waals surface area contributed by atoms with E-state index >= 15 is 0 Å². The van der Waals surface area contributed by atoms with Crippen molar-refractivity contribution >= 4 is 57.5 Å². The fourth-order valence-corrected chi connectivity index (χ4v) is 4.97. The molecule has 0 aliphatic rings. The monoisotopic (exact) mass is 523 g/mol. The van der Waals surface area contributed by atoms with Crippen LogP contribution in [0.1, 0.15) is 21.2 Å². The van der Waals surface area contributed by atoms with E-state index in [2.05, 4.69) is 15.6 Å². The van der Waals surface area contributed by atoms with Gasteiger partial charge in [-0.2, -0.15) is 0 Å². The lowest BCUT2D eigenvalue weighted by molar-refractivity contribution is -0.115. The van der Waals surface area contributed by atoms with Gasteiger partial charge in [0, 0.05) is 22.3 Å². The molecule has 1 heterocycles. The maximum absolute atomic E-state index is 13.2. The van der Waals surface area contributed by atoms with Crippen LogP contribution in [0.25, 0.3) is 10.8 Å². The van der Waals surface area contributed by atoms with Gasteiger partial charge >= 0.3 is 0 Å². The molecule has 0 saturated carbocycles. The zero-order valence-corrected chi connectivity index (χ0v) is 21.2. The second-order valence-electron chi connectivity index (χ2n) is 8.30. The maximum atomic E-state index is 13.2. The van der Waals surface area contributed by atoms with Crippen molar-refractivity contribution in [1.82, 2.24) is 4.98 Å². The number of carbonyl (C=O) groups is 2. The Morgan fingerprint density at radius 1 is 0.757 bits per heavy atom. The van der Waals surface area contributed by atoms with E-state index in [9.17, 15) is 9.59 Å². The smallest absolute Gasteiger partial charge is 0.255 e. The highest BCUT2D eigenvalue weighted by Gasteiger charge is 2.22. The number of halogens is 1. The van der Waals surface area contributed by atoms with E-state index < -0.39 is 5.25 Å². The van der Waals surface area contributed by atoms with Crippen LogP contribution in [0.3, 0.4) is 0 Å². The van der Waals surface area contributed by atoms with E-state index in [1.165, 1.54) is 18.0 Å². The number of nitrogens with zero attached hydrogens (tertiary/aromatic N) is 1. The second-order valence-corrected chi connectivity index (χ2v) is 9.91. The van der Waals surface area contributed by atoms with Crippen molar-refractivity contribution in [1.29, 1.82) is 0 Å². The molecule has 0 bridgehead atoms. The first kappa shape index (κ1) is 24.6. The number of benzene rings is 4. The summed E-state index contributed by atoms with van der Waals surface area (Å²) in [7, 11) is 0. The molecule has 4 aromatic carbocycles. The van der Waals surface area contributed by atoms with Gasteiger partial charge in [-0.15, -0.1) is 11.8 Å². The van der Waals surface area contributed by atoms with Gasteiger partial charge in [-0.3, -0.25) is 9.59 Å². The van der Waals surface area contributed by atoms with Gasteiger partial charge in [0.25, 0.3) is 5.91 Å². The largest absolute Gasteiger partial charge is 0.322 e. The molecule has 1 atom stereocenters. The van der Waals surface area contributed by atoms with Crippen molar-refractivity contribution in [3.8, 4) is 0 Å². The van der Waals surface area contributed by atoms with Gasteiger partial charge in [-0.25, -0.2) is 4.98 Å². The number of fused-ring (bicyclic) bond motifs is 1. The Morgan fingerprint density at radius 2 is 1.49 bits per heavy atom. The number of anilines is 2. The molecule has 2 amide bonds. The Balaban J connectivity index is 1.29. The Bertz CT molecular complexity index is 1540. The predicted octanol–water partition coefficient (Wildman–Crippen LogP) is 7.61. The van der Waals surface area contributed by atoms with E-state index in [0.717, 1.165) is 21.2 Å². The topological polar surface area (TPSA) is 71.1 Å². The van der Waals surface area contributed by atoms with E-state index in [1.54, 1.807) is 12.1 Å². The van der Waals surface area contributed by atoms with Crippen LogP contribution in [0.2, 0.25) is 5.02 Å². The lowest BCUT2D eigenvalue weighted by Gasteiger charge is -2.17. The normalized spacial score (nSPS) is 11.6. The van der Waals surface area contributed by atoms with Crippen molar-refractivity contribution in [3.05, 3.63) is 132 Å². The van der Waals surface area contributed by atoms with Crippen LogP contribution in [0.4, 0.5) is 11.5 Å². The zero-order chi connectivity index (χ0) is 25.6. The highest BCUT2D eigenvalue weighted by molar-refractivity contribution is 8.00. The molecule has 5 rings (SSSR count). The van der Waals surface area contributed by atoms with Crippen molar-refractivity contribution < 1.29 is 9.59 Å². The number of hydrogen-bond acceptors (Lipinski definition) is 4. The zero-order valence-electron chi connectivity index (χ0n) is 19.6. The molecular weight excluding hydrogens is 502 g/mol. The van der Waals surface area contributed by atoms with E-state index in [0.29, 0.717) is 22.1 Å². The standard InChI is InChI=1S/C30H22ClN3O2S/c31-24-12-17-27(32-19-24)34-30(36)28(21-7-2-1-3-8-21)37-26-15-13-25(14-16-26)33-29(35)23-11-10-20-6-4-5-9-22(20)18-23/h1-19,28H,(H,33,35)(H,32,34,36). The summed E-state index contributed by atoms with van der Waals surface area (Å²) in [5, 5.41) is 7.92. The van der Waals surface area contributed by atoms with Gasteiger partial charge in [0.2, 0.25) is 5.91 Å². The first-order valence-electron chi connectivity index (χ1n) is 11.6. The summed E-state index contributed by atoms with van der Waals surface area (Å²) >= 11 is 7.33. The van der Waals surface area contributed by atoms with Gasteiger partial charge < -0.3 is 10.6 Å². The Labute approximate surface area is 223 Å². The summed E-state index contributed by atoms with van der Waals surface area (Å²) in [6, 6.07) is 33.9. The van der Waals surface area contributed by atoms with Crippen molar-refractivity contribution in [2.24, 2.45) is 0 Å². The van der Waals surface area contributed by atoms with Crippen LogP contribution in [0.15, 0.2) is 120 Å². The van der Waals surface area contributed by atoms with E-state index in [1.807, 2.05) is 97.1 Å². The summed E-state index contributed by atoms with van der Waals surface area (Å²) in [5.41, 5.74) is 2.13. The molecule has 2 N–H and O–H groups in total. The maximum Gasteiger partial charge on any atom is 0.255 e. The SMILES string of the molecule is O=C(Nc1ccc(SC(C(=O)Nc2ccc(Cl)cn2)c2ccccc2)cc1)c1ccc2ccccc2c1. The summed E-state index contributed by atoms with van der Waals surface area (Å²) in [5.74, 6) is 0.0607. The van der Waals surface area contributed by atoms with Gasteiger partial charge in [0.05, 0.1) is 5.02 Å². The molecule has 0 aliphatic carbocycles. The minimum atomic E-state index is -0.503. The molecule has 0 spiro atoms. The predicted molar refractivity (Wildman–Crippen MR) is 151 cm³/mol. The average molecular weight is 524 g/mol. The lowest BCUT2D eigenvalue weighted by Crippen LogP contribution is -2.19. The molecular formula is C30H22ClN3O2S. The molecule has 182 valence electrons. The Kier molecular flexibility index (Phi) is 7.49. The number of rotatable bonds is 7. The molecule has 0 aliphatic heterocycles. The number of amides is 2. The first-order valence-corrected chi connectivity index (χ1v) is 12.9. The average Bonchev–Trinajstić information content (AvgIpc) is 2.94. The highest BCUT2D eigenvalue weighted by Crippen LogP contribution is 2.36. The summed E-state index contributed by atoms with van der Waals surface area (Å²) in [4.78, 5) is 31.1. The third-order valence-corrected chi connectivity index (χ3v) is 7.19. The number of thioether (sulfide) groups is 1. The van der Waals surface area contributed by atoms with Crippen LogP contribution in [0.5, 0.6) is 0 Å². The summed E-state index contributed by atoms with van der Waals surface area (Å²) in [6.45, 7) is 0. The van der Waals surface area contributed by atoms with Crippen LogP contribution >= 0.6 is 23.4 Å². The van der Waals surface area contributed by atoms with Crippen molar-refractivity contribution in [3.63, 3.8) is 0 Å². The molecule has 5 aromatic rings. The Morgan fingerprint density at radius 3 is 2.22 bits per heavy atom. The molecule has 1 unspecified atom stereocenters. The number of pyridine rings is 1. The van der Waals surface area contributed by atoms with Gasteiger partial charge in [-0.05, 0) is 64.9 Å². The molecule has 0 saturated heterocycles. The van der Waals surface area contributed by atoms with Crippen LogP contribution in [-0.4, -0.2) is 16.8 Å². The van der Waals surface area contributed by atoms with Gasteiger partial charge in [0.15, 0.2) is 0 Å². The number of nitrogens with one attached hydrogen (secondary N) is 2. The van der Waals surface area contributed by atoms with Crippen LogP contribution in [-0.2, 0) is 4.79 Å². The molecule has 5 nitrogen and oxygen atoms in total. The van der Waals surface area contributed by atoms with Crippen molar-refractivity contribution in [2.75, 3.05) is 10.6 Å². The molecule has 1 aromatic heterocycles. The van der Waals surface area contributed by atoms with Crippen LogP contribution < -0.4 is 10.6 Å². The fraction of sp³-hybridized carbons (Fsp3) is 0.0333. The van der Waals surface area contributed by atoms with E-state index in [4.69, 9.17) is 11.6 Å². The quantitative estimate of drug-likeness (QED) is 0.215. The fourth-order valence-electron chi connectivity index (χ4n) is 3.83. The number of aromatic nitrogens is 1. The summed E-state index contributed by atoms with van der Waals surface area (Å²) in [6.07, 6.45) is 1.49. The lowest BCUT2D eigenvalue weighted by atomic mass is 10.1. The van der Waals surface area contributed by atoms with E-state index in [-0.39, 0.29) is 11.8 Å².